The number of nitrogens with one attached hydrogen (secondary N) is 1. The fourth-order valence-electron chi connectivity index (χ4n) is 1.96. The molecule has 0 aromatic heterocycles. The van der Waals surface area contributed by atoms with Gasteiger partial charge >= 0.3 is 0 Å². The van der Waals surface area contributed by atoms with Crippen LogP contribution in [0.5, 0.6) is 0 Å². The summed E-state index contributed by atoms with van der Waals surface area (Å²) in [4.78, 5) is 0. The van der Waals surface area contributed by atoms with E-state index in [1.54, 1.807) is 7.11 Å². The average Bonchev–Trinajstić information content (AvgIpc) is 2.30. The normalized spacial score (nSPS) is 25.6. The molecule has 0 radical (unpaired) electrons. The zero-order chi connectivity index (χ0) is 11.4. The number of thioether (sulfide) groups is 1. The zero-order valence-electron chi connectivity index (χ0n) is 9.90. The van der Waals surface area contributed by atoms with Crippen LogP contribution in [-0.2, 0) is 11.3 Å². The summed E-state index contributed by atoms with van der Waals surface area (Å²) in [6.07, 6.45) is 1.26. The van der Waals surface area contributed by atoms with Crippen molar-refractivity contribution >= 4 is 11.8 Å². The van der Waals surface area contributed by atoms with Crippen molar-refractivity contribution in [3.8, 4) is 0 Å². The summed E-state index contributed by atoms with van der Waals surface area (Å²) in [5.74, 6) is 1.24. The molecule has 0 amide bonds. The van der Waals surface area contributed by atoms with E-state index in [1.807, 2.05) is 11.8 Å². The highest BCUT2D eigenvalue weighted by Gasteiger charge is 2.19. The number of benzene rings is 1. The molecule has 1 aliphatic rings. The van der Waals surface area contributed by atoms with Crippen LogP contribution in [0.15, 0.2) is 24.3 Å². The molecular weight excluding hydrogens is 218 g/mol. The highest BCUT2D eigenvalue weighted by Crippen LogP contribution is 2.31. The van der Waals surface area contributed by atoms with E-state index in [0.717, 1.165) is 0 Å². The largest absolute Gasteiger partial charge is 0.380 e. The van der Waals surface area contributed by atoms with Crippen LogP contribution in [0.2, 0.25) is 0 Å². The molecule has 2 atom stereocenters. The molecule has 0 spiro atoms. The minimum absolute atomic E-state index is 0.445. The van der Waals surface area contributed by atoms with Crippen molar-refractivity contribution in [3.63, 3.8) is 0 Å². The van der Waals surface area contributed by atoms with Crippen LogP contribution < -0.4 is 5.32 Å². The van der Waals surface area contributed by atoms with Gasteiger partial charge in [-0.1, -0.05) is 24.3 Å². The lowest BCUT2D eigenvalue weighted by molar-refractivity contribution is 0.185. The number of hydrogen-bond acceptors (Lipinski definition) is 3. The molecule has 0 aliphatic carbocycles. The van der Waals surface area contributed by atoms with Gasteiger partial charge in [-0.05, 0) is 30.2 Å². The summed E-state index contributed by atoms with van der Waals surface area (Å²) in [5, 5.41) is 4.07. The van der Waals surface area contributed by atoms with Gasteiger partial charge in [0.25, 0.3) is 0 Å². The van der Waals surface area contributed by atoms with Crippen LogP contribution in [0.4, 0.5) is 0 Å². The lowest BCUT2D eigenvalue weighted by atomic mass is 10.1. The molecule has 1 heterocycles. The first-order valence-corrected chi connectivity index (χ1v) is 6.80. The number of methoxy groups -OCH3 is 1. The highest BCUT2D eigenvalue weighted by atomic mass is 32.2. The van der Waals surface area contributed by atoms with Crippen LogP contribution in [0, 0.1) is 0 Å². The Morgan fingerprint density at radius 1 is 1.50 bits per heavy atom. The molecule has 2 rings (SSSR count). The van der Waals surface area contributed by atoms with Crippen molar-refractivity contribution in [3.05, 3.63) is 35.4 Å². The zero-order valence-corrected chi connectivity index (χ0v) is 10.7. The molecule has 1 aliphatic heterocycles. The summed E-state index contributed by atoms with van der Waals surface area (Å²) >= 11 is 1.99. The summed E-state index contributed by atoms with van der Waals surface area (Å²) < 4.78 is 5.16. The maximum absolute atomic E-state index is 5.16. The SMILES string of the molecule is COCc1cccc(C2NC(C)CCS2)c1. The predicted molar refractivity (Wildman–Crippen MR) is 69.6 cm³/mol. The summed E-state index contributed by atoms with van der Waals surface area (Å²) in [6, 6.07) is 9.29. The van der Waals surface area contributed by atoms with Gasteiger partial charge in [-0.2, -0.15) is 0 Å². The van der Waals surface area contributed by atoms with E-state index in [1.165, 1.54) is 23.3 Å². The van der Waals surface area contributed by atoms with Gasteiger partial charge in [0, 0.05) is 13.2 Å². The Bertz CT molecular complexity index is 342. The van der Waals surface area contributed by atoms with Crippen molar-refractivity contribution < 1.29 is 4.74 Å². The van der Waals surface area contributed by atoms with Gasteiger partial charge in [-0.25, -0.2) is 0 Å². The molecule has 3 heteroatoms. The fraction of sp³-hybridized carbons (Fsp3) is 0.538. The van der Waals surface area contributed by atoms with E-state index in [2.05, 4.69) is 36.5 Å². The Hall–Kier alpha value is -0.510. The topological polar surface area (TPSA) is 21.3 Å². The number of ether oxygens (including phenoxy) is 1. The first-order chi connectivity index (χ1) is 7.79. The lowest BCUT2D eigenvalue weighted by Crippen LogP contribution is -2.33. The highest BCUT2D eigenvalue weighted by molar-refractivity contribution is 7.99. The maximum Gasteiger partial charge on any atom is 0.0791 e. The van der Waals surface area contributed by atoms with Gasteiger partial charge in [0.05, 0.1) is 12.0 Å². The van der Waals surface area contributed by atoms with E-state index in [-0.39, 0.29) is 0 Å². The molecule has 1 saturated heterocycles. The minimum atomic E-state index is 0.445. The van der Waals surface area contributed by atoms with Crippen molar-refractivity contribution in [2.75, 3.05) is 12.9 Å². The first kappa shape index (κ1) is 12.0. The average molecular weight is 237 g/mol. The van der Waals surface area contributed by atoms with Crippen LogP contribution in [0.3, 0.4) is 0 Å². The van der Waals surface area contributed by atoms with Crippen molar-refractivity contribution in [1.82, 2.24) is 5.32 Å². The van der Waals surface area contributed by atoms with E-state index in [9.17, 15) is 0 Å². The first-order valence-electron chi connectivity index (χ1n) is 5.75. The van der Waals surface area contributed by atoms with Crippen LogP contribution in [0.25, 0.3) is 0 Å². The Balaban J connectivity index is 2.09. The molecular formula is C13H19NOS. The molecule has 0 saturated carbocycles. The second-order valence-corrected chi connectivity index (χ2v) is 5.50. The smallest absolute Gasteiger partial charge is 0.0791 e. The maximum atomic E-state index is 5.16. The molecule has 1 N–H and O–H groups in total. The molecule has 16 heavy (non-hydrogen) atoms. The van der Waals surface area contributed by atoms with Gasteiger partial charge in [-0.3, -0.25) is 5.32 Å². The van der Waals surface area contributed by atoms with Crippen LogP contribution in [-0.4, -0.2) is 18.9 Å². The molecule has 88 valence electrons. The quantitative estimate of drug-likeness (QED) is 0.873. The lowest BCUT2D eigenvalue weighted by Gasteiger charge is -2.28. The standard InChI is InChI=1S/C13H19NOS/c1-10-6-7-16-13(14-10)12-5-3-4-11(8-12)9-15-2/h3-5,8,10,13-14H,6-7,9H2,1-2H3. The summed E-state index contributed by atoms with van der Waals surface area (Å²) in [6.45, 7) is 2.95. The van der Waals surface area contributed by atoms with Gasteiger partial charge in [0.1, 0.15) is 0 Å². The monoisotopic (exact) mass is 237 g/mol. The molecule has 2 unspecified atom stereocenters. The summed E-state index contributed by atoms with van der Waals surface area (Å²) in [7, 11) is 1.74. The molecule has 0 bridgehead atoms. The van der Waals surface area contributed by atoms with E-state index in [0.29, 0.717) is 18.0 Å². The van der Waals surface area contributed by atoms with Crippen molar-refractivity contribution in [1.29, 1.82) is 0 Å². The Morgan fingerprint density at radius 2 is 2.38 bits per heavy atom. The van der Waals surface area contributed by atoms with Gasteiger partial charge in [0.15, 0.2) is 0 Å². The van der Waals surface area contributed by atoms with Gasteiger partial charge < -0.3 is 4.74 Å². The third kappa shape index (κ3) is 3.00. The number of rotatable bonds is 3. The van der Waals surface area contributed by atoms with E-state index >= 15 is 0 Å². The Kier molecular flexibility index (Phi) is 4.27. The molecule has 2 nitrogen and oxygen atoms in total. The molecule has 1 aromatic carbocycles. The second kappa shape index (κ2) is 5.71. The van der Waals surface area contributed by atoms with Gasteiger partial charge in [-0.15, -0.1) is 11.8 Å². The second-order valence-electron chi connectivity index (χ2n) is 4.29. The fourth-order valence-corrected chi connectivity index (χ4v) is 3.35. The van der Waals surface area contributed by atoms with Crippen molar-refractivity contribution in [2.24, 2.45) is 0 Å². The third-order valence-corrected chi connectivity index (χ3v) is 4.05. The molecule has 1 fully saturated rings. The van der Waals surface area contributed by atoms with Crippen LogP contribution in [0.1, 0.15) is 29.8 Å². The van der Waals surface area contributed by atoms with E-state index < -0.39 is 0 Å². The Morgan fingerprint density at radius 3 is 3.12 bits per heavy atom. The summed E-state index contributed by atoms with van der Waals surface area (Å²) in [5.41, 5.74) is 2.62. The van der Waals surface area contributed by atoms with Crippen LogP contribution >= 0.6 is 11.8 Å². The third-order valence-electron chi connectivity index (χ3n) is 2.84. The van der Waals surface area contributed by atoms with Crippen molar-refractivity contribution in [2.45, 2.75) is 31.4 Å². The molecule has 1 aromatic rings. The van der Waals surface area contributed by atoms with Gasteiger partial charge in [0.2, 0.25) is 0 Å². The minimum Gasteiger partial charge on any atom is -0.380 e. The number of hydrogen-bond donors (Lipinski definition) is 1. The Labute approximate surface area is 102 Å². The predicted octanol–water partition coefficient (Wildman–Crippen LogP) is 2.95. The van der Waals surface area contributed by atoms with E-state index in [4.69, 9.17) is 4.74 Å².